The van der Waals surface area contributed by atoms with Gasteiger partial charge >= 0.3 is 0 Å². The van der Waals surface area contributed by atoms with Gasteiger partial charge in [0.1, 0.15) is 0 Å². The highest BCUT2D eigenvalue weighted by atomic mass is 35.5. The fourth-order valence-corrected chi connectivity index (χ4v) is 5.80. The van der Waals surface area contributed by atoms with Crippen LogP contribution in [0.5, 0.6) is 0 Å². The van der Waals surface area contributed by atoms with Crippen molar-refractivity contribution in [3.05, 3.63) is 47.0 Å². The molecule has 1 saturated heterocycles. The van der Waals surface area contributed by atoms with Crippen molar-refractivity contribution in [2.45, 2.75) is 45.2 Å². The molecule has 1 aliphatic rings. The van der Waals surface area contributed by atoms with Gasteiger partial charge in [-0.25, -0.2) is 9.97 Å². The monoisotopic (exact) mass is 526 g/mol. The molecule has 0 aliphatic carbocycles. The molecule has 1 aliphatic heterocycles. The molecule has 0 bridgehead atoms. The minimum atomic E-state index is -0.0711. The number of aliphatic hydroxyl groups is 1. The van der Waals surface area contributed by atoms with E-state index in [0.29, 0.717) is 17.1 Å². The molecule has 5 rings (SSSR count). The van der Waals surface area contributed by atoms with Crippen molar-refractivity contribution < 1.29 is 9.90 Å². The van der Waals surface area contributed by atoms with Crippen LogP contribution in [0.1, 0.15) is 43.0 Å². The van der Waals surface area contributed by atoms with E-state index in [0.717, 1.165) is 77.6 Å². The number of fused-ring (bicyclic) bond motifs is 2. The van der Waals surface area contributed by atoms with E-state index in [1.54, 1.807) is 0 Å². The van der Waals surface area contributed by atoms with Crippen molar-refractivity contribution in [3.8, 4) is 0 Å². The molecule has 0 radical (unpaired) electrons. The van der Waals surface area contributed by atoms with Crippen molar-refractivity contribution in [1.82, 2.24) is 24.8 Å². The summed E-state index contributed by atoms with van der Waals surface area (Å²) in [4.78, 5) is 24.8. The summed E-state index contributed by atoms with van der Waals surface area (Å²) in [5.41, 5.74) is 3.28. The van der Waals surface area contributed by atoms with Gasteiger partial charge in [-0.05, 0) is 55.7 Å². The number of anilines is 2. The molecule has 2 aromatic heterocycles. The SMILES string of the molecule is CCCCn1c(Nc2nc3ccc(Cl)cc3s2)nc2cc(C(=O)NC3CCN(CCO)CC3)ccc21. The van der Waals surface area contributed by atoms with E-state index in [1.165, 1.54) is 11.3 Å². The van der Waals surface area contributed by atoms with Crippen LogP contribution in [0.25, 0.3) is 21.3 Å². The molecule has 3 heterocycles. The molecular weight excluding hydrogens is 496 g/mol. The van der Waals surface area contributed by atoms with E-state index >= 15 is 0 Å². The van der Waals surface area contributed by atoms with E-state index in [4.69, 9.17) is 21.7 Å². The molecule has 36 heavy (non-hydrogen) atoms. The van der Waals surface area contributed by atoms with Gasteiger partial charge in [0.2, 0.25) is 5.95 Å². The van der Waals surface area contributed by atoms with E-state index < -0.39 is 0 Å². The first-order valence-corrected chi connectivity index (χ1v) is 13.7. The predicted octanol–water partition coefficient (Wildman–Crippen LogP) is 5.03. The lowest BCUT2D eigenvalue weighted by molar-refractivity contribution is 0.0903. The first-order valence-electron chi connectivity index (χ1n) is 12.5. The largest absolute Gasteiger partial charge is 0.395 e. The van der Waals surface area contributed by atoms with Crippen LogP contribution in [-0.4, -0.2) is 62.7 Å². The van der Waals surface area contributed by atoms with E-state index in [-0.39, 0.29) is 18.6 Å². The van der Waals surface area contributed by atoms with Crippen LogP contribution >= 0.6 is 22.9 Å². The molecule has 4 aromatic rings. The number of nitrogens with zero attached hydrogens (tertiary/aromatic N) is 4. The van der Waals surface area contributed by atoms with E-state index in [9.17, 15) is 4.79 Å². The number of rotatable bonds is 9. The third-order valence-corrected chi connectivity index (χ3v) is 7.82. The number of unbranched alkanes of at least 4 members (excludes halogenated alkanes) is 1. The van der Waals surface area contributed by atoms with Crippen molar-refractivity contribution in [1.29, 1.82) is 0 Å². The molecular formula is C26H31ClN6O2S. The predicted molar refractivity (Wildman–Crippen MR) is 147 cm³/mol. The molecule has 0 saturated carbocycles. The summed E-state index contributed by atoms with van der Waals surface area (Å²) in [5.74, 6) is 0.649. The second-order valence-electron chi connectivity index (χ2n) is 9.21. The van der Waals surface area contributed by atoms with Gasteiger partial charge in [-0.3, -0.25) is 4.79 Å². The van der Waals surface area contributed by atoms with E-state index in [1.807, 2.05) is 36.4 Å². The van der Waals surface area contributed by atoms with Gasteiger partial charge in [-0.1, -0.05) is 36.3 Å². The lowest BCUT2D eigenvalue weighted by Gasteiger charge is -2.31. The summed E-state index contributed by atoms with van der Waals surface area (Å²) in [7, 11) is 0. The summed E-state index contributed by atoms with van der Waals surface area (Å²) < 4.78 is 3.18. The van der Waals surface area contributed by atoms with Crippen LogP contribution in [-0.2, 0) is 6.54 Å². The third kappa shape index (κ3) is 5.49. The number of amides is 1. The quantitative estimate of drug-likeness (QED) is 0.283. The molecule has 3 N–H and O–H groups in total. The van der Waals surface area contributed by atoms with Crippen LogP contribution in [0.15, 0.2) is 36.4 Å². The highest BCUT2D eigenvalue weighted by Crippen LogP contribution is 2.31. The zero-order chi connectivity index (χ0) is 25.1. The molecule has 8 nitrogen and oxygen atoms in total. The number of hydrogen-bond acceptors (Lipinski definition) is 7. The van der Waals surface area contributed by atoms with Gasteiger partial charge in [0.15, 0.2) is 5.13 Å². The number of benzene rings is 2. The number of halogens is 1. The highest BCUT2D eigenvalue weighted by molar-refractivity contribution is 7.22. The average Bonchev–Trinajstić information content (AvgIpc) is 3.43. The second kappa shape index (κ2) is 11.1. The van der Waals surface area contributed by atoms with Crippen molar-refractivity contribution in [3.63, 3.8) is 0 Å². The second-order valence-corrected chi connectivity index (χ2v) is 10.7. The Labute approximate surface area is 219 Å². The molecule has 0 atom stereocenters. The summed E-state index contributed by atoms with van der Waals surface area (Å²) in [6.07, 6.45) is 3.87. The number of hydrogen-bond donors (Lipinski definition) is 3. The standard InChI is InChI=1S/C26H31ClN6O2S/c1-2-3-10-33-22-7-4-17(24(35)28-19-8-11-32(12-9-19)13-14-34)15-21(22)29-25(33)31-26-30-20-6-5-18(27)16-23(20)36-26/h4-7,15-16,19,34H,2-3,8-14H2,1H3,(H,28,35)(H,29,30,31). The number of carbonyl (C=O) groups is 1. The van der Waals surface area contributed by atoms with Crippen LogP contribution in [0.3, 0.4) is 0 Å². The summed E-state index contributed by atoms with van der Waals surface area (Å²) in [6.45, 7) is 5.63. The normalized spacial score (nSPS) is 15.1. The topological polar surface area (TPSA) is 95.3 Å². The number of imidazole rings is 1. The molecule has 10 heteroatoms. The zero-order valence-electron chi connectivity index (χ0n) is 20.3. The number of piperidine rings is 1. The van der Waals surface area contributed by atoms with Gasteiger partial charge < -0.3 is 25.2 Å². The first kappa shape index (κ1) is 25.0. The molecule has 0 unspecified atom stereocenters. The molecule has 2 aromatic carbocycles. The van der Waals surface area contributed by atoms with Crippen molar-refractivity contribution >= 4 is 61.2 Å². The average molecular weight is 527 g/mol. The Morgan fingerprint density at radius 1 is 1.14 bits per heavy atom. The first-order chi connectivity index (χ1) is 17.5. The molecule has 0 spiro atoms. The Kier molecular flexibility index (Phi) is 7.71. The Balaban J connectivity index is 1.36. The smallest absolute Gasteiger partial charge is 0.251 e. The van der Waals surface area contributed by atoms with Crippen LogP contribution in [0, 0.1) is 0 Å². The molecule has 1 amide bonds. The van der Waals surface area contributed by atoms with Crippen molar-refractivity contribution in [2.75, 3.05) is 31.6 Å². The van der Waals surface area contributed by atoms with E-state index in [2.05, 4.69) is 32.0 Å². The Morgan fingerprint density at radius 2 is 1.97 bits per heavy atom. The minimum absolute atomic E-state index is 0.0711. The number of likely N-dealkylation sites (tertiary alicyclic amines) is 1. The van der Waals surface area contributed by atoms with Gasteiger partial charge in [-0.2, -0.15) is 0 Å². The summed E-state index contributed by atoms with van der Waals surface area (Å²) >= 11 is 7.68. The minimum Gasteiger partial charge on any atom is -0.395 e. The zero-order valence-corrected chi connectivity index (χ0v) is 21.9. The van der Waals surface area contributed by atoms with Crippen LogP contribution in [0.2, 0.25) is 5.02 Å². The Hall–Kier alpha value is -2.72. The van der Waals surface area contributed by atoms with Gasteiger partial charge in [-0.15, -0.1) is 0 Å². The van der Waals surface area contributed by atoms with Crippen LogP contribution in [0.4, 0.5) is 11.1 Å². The molecule has 1 fully saturated rings. The lowest BCUT2D eigenvalue weighted by atomic mass is 10.0. The van der Waals surface area contributed by atoms with Gasteiger partial charge in [0, 0.05) is 42.8 Å². The highest BCUT2D eigenvalue weighted by Gasteiger charge is 2.21. The Bertz CT molecular complexity index is 1360. The van der Waals surface area contributed by atoms with Crippen LogP contribution < -0.4 is 10.6 Å². The summed E-state index contributed by atoms with van der Waals surface area (Å²) in [5, 5.41) is 17.2. The maximum atomic E-state index is 13.0. The fourth-order valence-electron chi connectivity index (χ4n) is 4.67. The number of aromatic nitrogens is 3. The van der Waals surface area contributed by atoms with Gasteiger partial charge in [0.25, 0.3) is 5.91 Å². The number of thiazole rings is 1. The fraction of sp³-hybridized carbons (Fsp3) is 0.423. The maximum absolute atomic E-state index is 13.0. The Morgan fingerprint density at radius 3 is 2.75 bits per heavy atom. The summed E-state index contributed by atoms with van der Waals surface area (Å²) in [6, 6.07) is 11.6. The number of aryl methyl sites for hydroxylation is 1. The number of aliphatic hydroxyl groups excluding tert-OH is 1. The maximum Gasteiger partial charge on any atom is 0.251 e. The number of nitrogens with one attached hydrogen (secondary N) is 2. The van der Waals surface area contributed by atoms with Crippen molar-refractivity contribution in [2.24, 2.45) is 0 Å². The molecule has 190 valence electrons. The number of carbonyl (C=O) groups excluding carboxylic acids is 1. The number of β-amino-alcohol motifs (C(OH)–C–C–N with tert-alkyl or cyclic N) is 1. The van der Waals surface area contributed by atoms with Gasteiger partial charge in [0.05, 0.1) is 27.9 Å². The lowest BCUT2D eigenvalue weighted by Crippen LogP contribution is -2.45. The third-order valence-electron chi connectivity index (χ3n) is 6.65.